The van der Waals surface area contributed by atoms with Crippen LogP contribution in [0.25, 0.3) is 0 Å². The molecule has 2 N–H and O–H groups in total. The predicted octanol–water partition coefficient (Wildman–Crippen LogP) is 1.62. The van der Waals surface area contributed by atoms with Crippen LogP contribution in [0.1, 0.15) is 25.7 Å². The van der Waals surface area contributed by atoms with Gasteiger partial charge in [-0.15, -0.1) is 0 Å². The lowest BCUT2D eigenvalue weighted by Gasteiger charge is -2.19. The first-order chi connectivity index (χ1) is 6.68. The number of thioether (sulfide) groups is 1. The van der Waals surface area contributed by atoms with Crippen molar-refractivity contribution in [2.75, 3.05) is 0 Å². The Hall–Kier alpha value is -0.290. The molecule has 0 aromatic carbocycles. The molecule has 1 heterocycles. The third kappa shape index (κ3) is 1.88. The van der Waals surface area contributed by atoms with Crippen molar-refractivity contribution >= 4 is 34.3 Å². The summed E-state index contributed by atoms with van der Waals surface area (Å²) in [5.41, 5.74) is 0. The molecule has 1 saturated heterocycles. The fourth-order valence-electron chi connectivity index (χ4n) is 2.29. The Labute approximate surface area is 92.6 Å². The van der Waals surface area contributed by atoms with Gasteiger partial charge in [0.2, 0.25) is 0 Å². The lowest BCUT2D eigenvalue weighted by molar-refractivity contribution is -0.139. The van der Waals surface area contributed by atoms with E-state index in [0.29, 0.717) is 10.2 Å². The van der Waals surface area contributed by atoms with Gasteiger partial charge in [0, 0.05) is 5.25 Å². The van der Waals surface area contributed by atoms with Crippen LogP contribution in [0.15, 0.2) is 0 Å². The van der Waals surface area contributed by atoms with E-state index in [4.69, 9.17) is 17.3 Å². The van der Waals surface area contributed by atoms with Gasteiger partial charge in [0.15, 0.2) is 0 Å². The van der Waals surface area contributed by atoms with Crippen molar-refractivity contribution < 1.29 is 9.90 Å². The van der Waals surface area contributed by atoms with Crippen LogP contribution in [0.5, 0.6) is 0 Å². The molecule has 5 heteroatoms. The summed E-state index contributed by atoms with van der Waals surface area (Å²) in [6.07, 6.45) is 4.79. The number of carboxylic acid groups (broad SMARTS) is 1. The maximum atomic E-state index is 11.0. The summed E-state index contributed by atoms with van der Waals surface area (Å²) < 4.78 is 0.647. The maximum absolute atomic E-state index is 11.0. The molecule has 14 heavy (non-hydrogen) atoms. The van der Waals surface area contributed by atoms with Crippen molar-refractivity contribution in [1.82, 2.24) is 5.32 Å². The Balaban J connectivity index is 2.08. The molecule has 2 aliphatic rings. The molecule has 0 amide bonds. The average molecular weight is 231 g/mol. The van der Waals surface area contributed by atoms with Crippen molar-refractivity contribution in [3.63, 3.8) is 0 Å². The highest BCUT2D eigenvalue weighted by atomic mass is 32.2. The quantitative estimate of drug-likeness (QED) is 0.707. The largest absolute Gasteiger partial charge is 0.480 e. The zero-order chi connectivity index (χ0) is 10.1. The minimum Gasteiger partial charge on any atom is -0.480 e. The highest BCUT2D eigenvalue weighted by Crippen LogP contribution is 2.38. The monoisotopic (exact) mass is 231 g/mol. The molecule has 2 rings (SSSR count). The van der Waals surface area contributed by atoms with Gasteiger partial charge in [-0.05, 0) is 18.8 Å². The van der Waals surface area contributed by atoms with Crippen LogP contribution in [-0.2, 0) is 4.79 Å². The molecule has 0 aromatic rings. The van der Waals surface area contributed by atoms with Gasteiger partial charge in [0.25, 0.3) is 0 Å². The summed E-state index contributed by atoms with van der Waals surface area (Å²) in [5, 5.41) is 12.1. The van der Waals surface area contributed by atoms with Gasteiger partial charge in [-0.3, -0.25) is 0 Å². The second kappa shape index (κ2) is 4.06. The van der Waals surface area contributed by atoms with E-state index >= 15 is 0 Å². The van der Waals surface area contributed by atoms with Gasteiger partial charge in [-0.25, -0.2) is 4.79 Å². The third-order valence-corrected chi connectivity index (χ3v) is 4.64. The smallest absolute Gasteiger partial charge is 0.327 e. The molecule has 0 spiro atoms. The van der Waals surface area contributed by atoms with Gasteiger partial charge < -0.3 is 10.4 Å². The van der Waals surface area contributed by atoms with E-state index in [-0.39, 0.29) is 5.25 Å². The van der Waals surface area contributed by atoms with Gasteiger partial charge in [-0.2, -0.15) is 0 Å². The molecule has 0 bridgehead atoms. The first-order valence-corrected chi connectivity index (χ1v) is 6.17. The second-order valence-electron chi connectivity index (χ2n) is 3.87. The number of carbonyl (C=O) groups is 1. The Morgan fingerprint density at radius 3 is 2.71 bits per heavy atom. The fraction of sp³-hybridized carbons (Fsp3) is 0.778. The van der Waals surface area contributed by atoms with Gasteiger partial charge in [0.05, 0.1) is 0 Å². The molecule has 1 aliphatic carbocycles. The summed E-state index contributed by atoms with van der Waals surface area (Å²) in [5.74, 6) is -0.233. The average Bonchev–Trinajstić information content (AvgIpc) is 2.70. The van der Waals surface area contributed by atoms with E-state index < -0.39 is 12.0 Å². The highest BCUT2D eigenvalue weighted by Gasteiger charge is 2.41. The summed E-state index contributed by atoms with van der Waals surface area (Å²) in [6.45, 7) is 0. The first kappa shape index (κ1) is 10.2. The highest BCUT2D eigenvalue weighted by molar-refractivity contribution is 8.23. The molecule has 2 fully saturated rings. The number of carboxylic acids is 1. The number of aliphatic carboxylic acids is 1. The van der Waals surface area contributed by atoms with Gasteiger partial charge in [0.1, 0.15) is 10.4 Å². The Morgan fingerprint density at radius 1 is 1.50 bits per heavy atom. The van der Waals surface area contributed by atoms with Gasteiger partial charge >= 0.3 is 5.97 Å². The maximum Gasteiger partial charge on any atom is 0.327 e. The van der Waals surface area contributed by atoms with Crippen molar-refractivity contribution in [3.05, 3.63) is 0 Å². The standard InChI is InChI=1S/C9H13NO2S2/c11-8(12)6-7(14-9(13)10-6)5-3-1-2-4-5/h5-7H,1-4H2,(H,10,13)(H,11,12). The zero-order valence-corrected chi connectivity index (χ0v) is 9.37. The van der Waals surface area contributed by atoms with E-state index in [1.54, 1.807) is 0 Å². The molecule has 0 radical (unpaired) electrons. The zero-order valence-electron chi connectivity index (χ0n) is 7.73. The first-order valence-electron chi connectivity index (χ1n) is 4.88. The summed E-state index contributed by atoms with van der Waals surface area (Å²) >= 11 is 6.56. The minimum atomic E-state index is -0.769. The molecular weight excluding hydrogens is 218 g/mol. The van der Waals surface area contributed by atoms with Crippen molar-refractivity contribution in [2.45, 2.75) is 37.0 Å². The van der Waals surface area contributed by atoms with Crippen LogP contribution in [0, 0.1) is 5.92 Å². The molecule has 1 aliphatic heterocycles. The topological polar surface area (TPSA) is 49.3 Å². The number of hydrogen-bond donors (Lipinski definition) is 2. The van der Waals surface area contributed by atoms with Crippen LogP contribution in [-0.4, -0.2) is 26.7 Å². The van der Waals surface area contributed by atoms with Crippen LogP contribution >= 0.6 is 24.0 Å². The van der Waals surface area contributed by atoms with Crippen molar-refractivity contribution in [3.8, 4) is 0 Å². The summed E-state index contributed by atoms with van der Waals surface area (Å²) in [4.78, 5) is 11.0. The normalized spacial score (nSPS) is 33.3. The third-order valence-electron chi connectivity index (χ3n) is 2.98. The molecule has 3 nitrogen and oxygen atoms in total. The molecule has 2 atom stereocenters. The summed E-state index contributed by atoms with van der Waals surface area (Å²) in [6, 6.07) is -0.462. The molecular formula is C9H13NO2S2. The molecule has 2 unspecified atom stereocenters. The number of thiocarbonyl (C=S) groups is 1. The van der Waals surface area contributed by atoms with Crippen LogP contribution in [0.4, 0.5) is 0 Å². The Morgan fingerprint density at radius 2 is 2.14 bits per heavy atom. The van der Waals surface area contributed by atoms with Crippen LogP contribution in [0.3, 0.4) is 0 Å². The Kier molecular flexibility index (Phi) is 2.97. The lowest BCUT2D eigenvalue weighted by Crippen LogP contribution is -2.41. The van der Waals surface area contributed by atoms with Gasteiger partial charge in [-0.1, -0.05) is 36.8 Å². The Bertz CT molecular complexity index is 264. The second-order valence-corrected chi connectivity index (χ2v) is 5.73. The molecule has 78 valence electrons. The van der Waals surface area contributed by atoms with E-state index in [9.17, 15) is 4.79 Å². The minimum absolute atomic E-state index is 0.155. The van der Waals surface area contributed by atoms with E-state index in [1.165, 1.54) is 24.6 Å². The van der Waals surface area contributed by atoms with Crippen LogP contribution < -0.4 is 5.32 Å². The molecule has 0 aromatic heterocycles. The van der Waals surface area contributed by atoms with E-state index in [0.717, 1.165) is 12.8 Å². The fourth-order valence-corrected chi connectivity index (χ4v) is 3.98. The number of rotatable bonds is 2. The number of nitrogens with one attached hydrogen (secondary N) is 1. The number of hydrogen-bond acceptors (Lipinski definition) is 3. The SMILES string of the molecule is O=C(O)C1NC(=S)SC1C1CCCC1. The van der Waals surface area contributed by atoms with Crippen molar-refractivity contribution in [2.24, 2.45) is 5.92 Å². The van der Waals surface area contributed by atoms with E-state index in [2.05, 4.69) is 5.32 Å². The summed E-state index contributed by atoms with van der Waals surface area (Å²) in [7, 11) is 0. The van der Waals surface area contributed by atoms with Crippen molar-refractivity contribution in [1.29, 1.82) is 0 Å². The predicted molar refractivity (Wildman–Crippen MR) is 60.5 cm³/mol. The van der Waals surface area contributed by atoms with Crippen LogP contribution in [0.2, 0.25) is 0 Å². The molecule has 1 saturated carbocycles. The lowest BCUT2D eigenvalue weighted by atomic mass is 9.98. The van der Waals surface area contributed by atoms with E-state index in [1.807, 2.05) is 0 Å².